The fourth-order valence-corrected chi connectivity index (χ4v) is 4.14. The van der Waals surface area contributed by atoms with Crippen LogP contribution in [0.4, 0.5) is 0 Å². The average Bonchev–Trinajstić information content (AvgIpc) is 3.52. The largest absolute Gasteiger partial charge is 0.284 e. The summed E-state index contributed by atoms with van der Waals surface area (Å²) >= 11 is 0. The van der Waals surface area contributed by atoms with E-state index in [1.54, 1.807) is 4.68 Å². The van der Waals surface area contributed by atoms with Gasteiger partial charge in [-0.05, 0) is 37.5 Å². The van der Waals surface area contributed by atoms with Crippen molar-refractivity contribution in [2.24, 2.45) is 18.9 Å². The molecule has 2 aliphatic carbocycles. The number of aromatic nitrogens is 7. The Morgan fingerprint density at radius 3 is 2.48 bits per heavy atom. The quantitative estimate of drug-likeness (QED) is 0.548. The molecule has 136 valence electrons. The van der Waals surface area contributed by atoms with E-state index >= 15 is 0 Å². The molecule has 0 atom stereocenters. The highest BCUT2D eigenvalue weighted by Crippen LogP contribution is 2.51. The summed E-state index contributed by atoms with van der Waals surface area (Å²) in [5.41, 5.74) is 3.79. The Morgan fingerprint density at radius 2 is 1.78 bits per heavy atom. The lowest BCUT2D eigenvalue weighted by molar-refractivity contribution is 0.361. The predicted molar refractivity (Wildman–Crippen MR) is 101 cm³/mol. The van der Waals surface area contributed by atoms with Gasteiger partial charge in [-0.3, -0.25) is 13.8 Å². The average molecular weight is 359 g/mol. The molecule has 7 heteroatoms. The molecule has 0 amide bonds. The second-order valence-corrected chi connectivity index (χ2v) is 7.90. The molecule has 4 aromatic heterocycles. The zero-order valence-corrected chi connectivity index (χ0v) is 15.2. The first-order valence-electron chi connectivity index (χ1n) is 9.64. The number of aryl methyl sites for hydroxylation is 1. The van der Waals surface area contributed by atoms with Gasteiger partial charge in [0, 0.05) is 43.5 Å². The molecule has 0 N–H and O–H groups in total. The maximum Gasteiger partial charge on any atom is 0.149 e. The Balaban J connectivity index is 1.46. The van der Waals surface area contributed by atoms with Crippen LogP contribution in [0.3, 0.4) is 0 Å². The first kappa shape index (κ1) is 15.1. The summed E-state index contributed by atoms with van der Waals surface area (Å²) in [6, 6.07) is 2.57. The van der Waals surface area contributed by atoms with E-state index in [2.05, 4.69) is 21.0 Å². The van der Waals surface area contributed by atoms with Gasteiger partial charge < -0.3 is 0 Å². The second-order valence-electron chi connectivity index (χ2n) is 7.90. The number of hydrogen-bond acceptors (Lipinski definition) is 4. The zero-order chi connectivity index (χ0) is 18.0. The van der Waals surface area contributed by atoms with E-state index in [0.717, 1.165) is 40.1 Å². The van der Waals surface area contributed by atoms with Crippen molar-refractivity contribution in [2.75, 3.05) is 0 Å². The van der Waals surface area contributed by atoms with Crippen LogP contribution >= 0.6 is 0 Å². The smallest absolute Gasteiger partial charge is 0.149 e. The lowest BCUT2D eigenvalue weighted by Crippen LogP contribution is -2.13. The van der Waals surface area contributed by atoms with Crippen molar-refractivity contribution in [1.29, 1.82) is 0 Å². The first-order chi connectivity index (χ1) is 13.3. The van der Waals surface area contributed by atoms with Gasteiger partial charge in [-0.1, -0.05) is 0 Å². The van der Waals surface area contributed by atoms with Crippen LogP contribution in [0.2, 0.25) is 0 Å². The Labute approximate surface area is 156 Å². The highest BCUT2D eigenvalue weighted by molar-refractivity contribution is 5.68. The standard InChI is InChI=1S/C20H21N7/c1-25-11-15(9-22-25)17-8-18-21-6-7-26(18)20(24-17)16-10-23-27(12-16)19(13-2-3-13)14-4-5-14/h6-14,19H,2-5H2,1H3. The number of nitrogens with zero attached hydrogens (tertiary/aromatic N) is 7. The van der Waals surface area contributed by atoms with Gasteiger partial charge in [0.2, 0.25) is 0 Å². The van der Waals surface area contributed by atoms with E-state index in [9.17, 15) is 0 Å². The minimum Gasteiger partial charge on any atom is -0.284 e. The molecule has 0 saturated heterocycles. The number of imidazole rings is 1. The SMILES string of the molecule is Cn1cc(-c2cc3nccn3c(-c3cnn(C(C4CC4)C4CC4)c3)n2)cn1. The topological polar surface area (TPSA) is 65.8 Å². The van der Waals surface area contributed by atoms with Crippen LogP contribution in [-0.4, -0.2) is 33.9 Å². The molecule has 0 bridgehead atoms. The molecule has 27 heavy (non-hydrogen) atoms. The molecule has 0 radical (unpaired) electrons. The van der Waals surface area contributed by atoms with Gasteiger partial charge in [-0.15, -0.1) is 0 Å². The van der Waals surface area contributed by atoms with Crippen LogP contribution in [0, 0.1) is 11.8 Å². The molecule has 4 aromatic rings. The predicted octanol–water partition coefficient (Wildman–Crippen LogP) is 3.35. The molecule has 7 nitrogen and oxygen atoms in total. The summed E-state index contributed by atoms with van der Waals surface area (Å²) in [7, 11) is 1.92. The zero-order valence-electron chi connectivity index (χ0n) is 15.2. The minimum absolute atomic E-state index is 0.568. The summed E-state index contributed by atoms with van der Waals surface area (Å²) in [6.07, 6.45) is 17.1. The lowest BCUT2D eigenvalue weighted by Gasteiger charge is -2.15. The molecule has 6 rings (SSSR count). The summed E-state index contributed by atoms with van der Waals surface area (Å²) < 4.78 is 6.02. The molecule has 2 aliphatic rings. The van der Waals surface area contributed by atoms with E-state index in [1.165, 1.54) is 25.7 Å². The molecule has 0 aliphatic heterocycles. The third kappa shape index (κ3) is 2.57. The van der Waals surface area contributed by atoms with E-state index in [-0.39, 0.29) is 0 Å². The van der Waals surface area contributed by atoms with Gasteiger partial charge in [-0.2, -0.15) is 10.2 Å². The fraction of sp³-hybridized carbons (Fsp3) is 0.400. The van der Waals surface area contributed by atoms with E-state index in [1.807, 2.05) is 48.5 Å². The van der Waals surface area contributed by atoms with Crippen molar-refractivity contribution >= 4 is 5.65 Å². The van der Waals surface area contributed by atoms with Gasteiger partial charge in [-0.25, -0.2) is 9.97 Å². The van der Waals surface area contributed by atoms with Gasteiger partial charge in [0.1, 0.15) is 11.5 Å². The molecule has 2 fully saturated rings. The first-order valence-corrected chi connectivity index (χ1v) is 9.64. The normalized spacial score (nSPS) is 17.3. The van der Waals surface area contributed by atoms with Crippen LogP contribution < -0.4 is 0 Å². The second kappa shape index (κ2) is 5.52. The Morgan fingerprint density at radius 1 is 1.00 bits per heavy atom. The van der Waals surface area contributed by atoms with E-state index in [4.69, 9.17) is 10.1 Å². The third-order valence-electron chi connectivity index (χ3n) is 5.77. The van der Waals surface area contributed by atoms with Gasteiger partial charge in [0.05, 0.1) is 29.7 Å². The Hall–Kier alpha value is -2.96. The minimum atomic E-state index is 0.568. The maximum atomic E-state index is 4.94. The van der Waals surface area contributed by atoms with Gasteiger partial charge >= 0.3 is 0 Å². The van der Waals surface area contributed by atoms with Crippen LogP contribution in [0.25, 0.3) is 28.3 Å². The molecular weight excluding hydrogens is 338 g/mol. The van der Waals surface area contributed by atoms with Crippen LogP contribution in [0.1, 0.15) is 31.7 Å². The molecule has 4 heterocycles. The third-order valence-corrected chi connectivity index (χ3v) is 5.77. The summed E-state index contributed by atoms with van der Waals surface area (Å²) in [5.74, 6) is 2.50. The Bertz CT molecular complexity index is 1110. The van der Waals surface area contributed by atoms with Crippen LogP contribution in [0.5, 0.6) is 0 Å². The molecule has 0 unspecified atom stereocenters. The number of hydrogen-bond donors (Lipinski definition) is 0. The van der Waals surface area contributed by atoms with E-state index in [0.29, 0.717) is 6.04 Å². The maximum absolute atomic E-state index is 4.94. The number of fused-ring (bicyclic) bond motifs is 1. The number of rotatable bonds is 5. The van der Waals surface area contributed by atoms with E-state index < -0.39 is 0 Å². The monoisotopic (exact) mass is 359 g/mol. The highest BCUT2D eigenvalue weighted by Gasteiger charge is 2.43. The molecule has 0 spiro atoms. The molecule has 2 saturated carbocycles. The van der Waals surface area contributed by atoms with Crippen LogP contribution in [0.15, 0.2) is 43.2 Å². The van der Waals surface area contributed by atoms with Crippen molar-refractivity contribution < 1.29 is 0 Å². The summed E-state index contributed by atoms with van der Waals surface area (Å²) in [4.78, 5) is 9.42. The molecular formula is C20H21N7. The van der Waals surface area contributed by atoms with Crippen LogP contribution in [-0.2, 0) is 7.05 Å². The van der Waals surface area contributed by atoms with Crippen molar-refractivity contribution in [3.05, 3.63) is 43.2 Å². The summed E-state index contributed by atoms with van der Waals surface area (Å²) in [5, 5.41) is 9.02. The highest BCUT2D eigenvalue weighted by atomic mass is 15.3. The molecule has 0 aromatic carbocycles. The van der Waals surface area contributed by atoms with Crippen molar-refractivity contribution in [1.82, 2.24) is 33.9 Å². The fourth-order valence-electron chi connectivity index (χ4n) is 4.14. The van der Waals surface area contributed by atoms with Crippen molar-refractivity contribution in [3.8, 4) is 22.6 Å². The van der Waals surface area contributed by atoms with Gasteiger partial charge in [0.15, 0.2) is 0 Å². The Kier molecular flexibility index (Phi) is 3.09. The van der Waals surface area contributed by atoms with Crippen molar-refractivity contribution in [3.63, 3.8) is 0 Å². The van der Waals surface area contributed by atoms with Crippen molar-refractivity contribution in [2.45, 2.75) is 31.7 Å². The summed E-state index contributed by atoms with van der Waals surface area (Å²) in [6.45, 7) is 0. The van der Waals surface area contributed by atoms with Gasteiger partial charge in [0.25, 0.3) is 0 Å². The lowest BCUT2D eigenvalue weighted by atomic mass is 10.1.